The molecule has 0 radical (unpaired) electrons. The summed E-state index contributed by atoms with van der Waals surface area (Å²) in [6.07, 6.45) is 9.43. The molecule has 0 aromatic rings. The first-order chi connectivity index (χ1) is 7.36. The highest BCUT2D eigenvalue weighted by molar-refractivity contribution is 4.81. The molecule has 0 aromatic heterocycles. The van der Waals surface area contributed by atoms with E-state index in [1.54, 1.807) is 7.11 Å². The fourth-order valence-electron chi connectivity index (χ4n) is 2.06. The second-order valence-corrected chi connectivity index (χ2v) is 4.83. The van der Waals surface area contributed by atoms with Crippen molar-refractivity contribution in [3.63, 3.8) is 0 Å². The Hall–Kier alpha value is -0.0800. The van der Waals surface area contributed by atoms with Crippen molar-refractivity contribution in [2.75, 3.05) is 20.3 Å². The molecule has 0 aliphatic heterocycles. The van der Waals surface area contributed by atoms with Crippen LogP contribution in [0.2, 0.25) is 0 Å². The quantitative estimate of drug-likeness (QED) is 0.563. The van der Waals surface area contributed by atoms with Crippen LogP contribution in [0, 0.1) is 5.92 Å². The Morgan fingerprint density at radius 2 is 2.07 bits per heavy atom. The molecule has 1 saturated carbocycles. The smallest absolute Gasteiger partial charge is 0.0462 e. The average molecular weight is 213 g/mol. The number of hydrogen-bond donors (Lipinski definition) is 1. The Morgan fingerprint density at radius 3 is 2.67 bits per heavy atom. The molecule has 1 N–H and O–H groups in total. The van der Waals surface area contributed by atoms with Crippen molar-refractivity contribution in [2.24, 2.45) is 5.92 Å². The summed E-state index contributed by atoms with van der Waals surface area (Å²) < 4.78 is 5.08. The van der Waals surface area contributed by atoms with Gasteiger partial charge < -0.3 is 10.1 Å². The molecule has 15 heavy (non-hydrogen) atoms. The van der Waals surface area contributed by atoms with Gasteiger partial charge in [-0.1, -0.05) is 19.8 Å². The van der Waals surface area contributed by atoms with Crippen LogP contribution in [0.1, 0.15) is 51.9 Å². The predicted molar refractivity (Wildman–Crippen MR) is 65.1 cm³/mol. The molecule has 1 aliphatic carbocycles. The zero-order chi connectivity index (χ0) is 10.9. The summed E-state index contributed by atoms with van der Waals surface area (Å²) in [5.74, 6) is 0.896. The van der Waals surface area contributed by atoms with Gasteiger partial charge in [0.25, 0.3) is 0 Å². The van der Waals surface area contributed by atoms with Gasteiger partial charge in [0.15, 0.2) is 0 Å². The zero-order valence-electron chi connectivity index (χ0n) is 10.4. The summed E-state index contributed by atoms with van der Waals surface area (Å²) in [4.78, 5) is 0. The van der Waals surface area contributed by atoms with E-state index >= 15 is 0 Å². The van der Waals surface area contributed by atoms with E-state index in [0.717, 1.165) is 18.6 Å². The maximum Gasteiger partial charge on any atom is 0.0462 e. The lowest BCUT2D eigenvalue weighted by atomic mass is 9.97. The first kappa shape index (κ1) is 13.0. The first-order valence-corrected chi connectivity index (χ1v) is 6.59. The van der Waals surface area contributed by atoms with Crippen molar-refractivity contribution in [3.8, 4) is 0 Å². The molecule has 1 aliphatic rings. The van der Waals surface area contributed by atoms with E-state index in [1.807, 2.05) is 0 Å². The summed E-state index contributed by atoms with van der Waals surface area (Å²) in [7, 11) is 1.79. The Bertz CT molecular complexity index is 145. The van der Waals surface area contributed by atoms with Crippen LogP contribution >= 0.6 is 0 Å². The van der Waals surface area contributed by atoms with Crippen LogP contribution in [-0.4, -0.2) is 26.3 Å². The standard InChI is InChI=1S/C13H27NO/c1-3-6-12(7-4-5-10-15-2)11-14-13-8-9-13/h12-14H,3-11H2,1-2H3. The highest BCUT2D eigenvalue weighted by atomic mass is 16.5. The van der Waals surface area contributed by atoms with Gasteiger partial charge in [-0.2, -0.15) is 0 Å². The van der Waals surface area contributed by atoms with Gasteiger partial charge in [0, 0.05) is 19.8 Å². The highest BCUT2D eigenvalue weighted by Crippen LogP contribution is 2.21. The van der Waals surface area contributed by atoms with Crippen LogP contribution in [-0.2, 0) is 4.74 Å². The van der Waals surface area contributed by atoms with Gasteiger partial charge in [-0.05, 0) is 44.6 Å². The van der Waals surface area contributed by atoms with Gasteiger partial charge in [0.2, 0.25) is 0 Å². The summed E-state index contributed by atoms with van der Waals surface area (Å²) in [5.41, 5.74) is 0. The lowest BCUT2D eigenvalue weighted by molar-refractivity contribution is 0.189. The lowest BCUT2D eigenvalue weighted by Crippen LogP contribution is -2.24. The maximum absolute atomic E-state index is 5.08. The average Bonchev–Trinajstić information content (AvgIpc) is 3.04. The molecule has 1 unspecified atom stereocenters. The van der Waals surface area contributed by atoms with Gasteiger partial charge in [-0.15, -0.1) is 0 Å². The van der Waals surface area contributed by atoms with Crippen LogP contribution in [0.15, 0.2) is 0 Å². The molecule has 1 rings (SSSR count). The van der Waals surface area contributed by atoms with Crippen LogP contribution < -0.4 is 5.32 Å². The van der Waals surface area contributed by atoms with Crippen LogP contribution in [0.5, 0.6) is 0 Å². The van der Waals surface area contributed by atoms with E-state index in [1.165, 1.54) is 51.5 Å². The van der Waals surface area contributed by atoms with Crippen molar-refractivity contribution in [2.45, 2.75) is 57.9 Å². The molecule has 0 saturated heterocycles. The van der Waals surface area contributed by atoms with Crippen LogP contribution in [0.3, 0.4) is 0 Å². The summed E-state index contributed by atoms with van der Waals surface area (Å²) in [5, 5.41) is 3.65. The third kappa shape index (κ3) is 6.91. The second kappa shape index (κ2) is 8.12. The molecule has 0 spiro atoms. The summed E-state index contributed by atoms with van der Waals surface area (Å²) in [6.45, 7) is 4.46. The van der Waals surface area contributed by atoms with Gasteiger partial charge >= 0.3 is 0 Å². The third-order valence-electron chi connectivity index (χ3n) is 3.18. The van der Waals surface area contributed by atoms with E-state index in [-0.39, 0.29) is 0 Å². The van der Waals surface area contributed by atoms with Crippen molar-refractivity contribution in [1.29, 1.82) is 0 Å². The van der Waals surface area contributed by atoms with Crippen LogP contribution in [0.4, 0.5) is 0 Å². The van der Waals surface area contributed by atoms with E-state index in [9.17, 15) is 0 Å². The number of hydrogen-bond acceptors (Lipinski definition) is 2. The van der Waals surface area contributed by atoms with E-state index < -0.39 is 0 Å². The van der Waals surface area contributed by atoms with Crippen molar-refractivity contribution in [1.82, 2.24) is 5.32 Å². The Kier molecular flexibility index (Phi) is 7.03. The Morgan fingerprint density at radius 1 is 1.27 bits per heavy atom. The molecule has 2 heteroatoms. The van der Waals surface area contributed by atoms with E-state index in [0.29, 0.717) is 0 Å². The molecule has 0 bridgehead atoms. The number of nitrogens with one attached hydrogen (secondary N) is 1. The minimum atomic E-state index is 0.864. The molecular weight excluding hydrogens is 186 g/mol. The Labute approximate surface area is 94.8 Å². The van der Waals surface area contributed by atoms with Gasteiger partial charge in [0.05, 0.1) is 0 Å². The SMILES string of the molecule is CCCC(CCCCOC)CNC1CC1. The maximum atomic E-state index is 5.08. The minimum absolute atomic E-state index is 0.864. The molecule has 0 aromatic carbocycles. The normalized spacial score (nSPS) is 18.0. The van der Waals surface area contributed by atoms with Gasteiger partial charge in [0.1, 0.15) is 0 Å². The van der Waals surface area contributed by atoms with Crippen molar-refractivity contribution < 1.29 is 4.74 Å². The van der Waals surface area contributed by atoms with E-state index in [4.69, 9.17) is 4.74 Å². The number of methoxy groups -OCH3 is 1. The molecule has 1 fully saturated rings. The fourth-order valence-corrected chi connectivity index (χ4v) is 2.06. The monoisotopic (exact) mass is 213 g/mol. The Balaban J connectivity index is 1.99. The third-order valence-corrected chi connectivity index (χ3v) is 3.18. The molecule has 2 nitrogen and oxygen atoms in total. The predicted octanol–water partition coefficient (Wildman–Crippen LogP) is 2.97. The first-order valence-electron chi connectivity index (χ1n) is 6.59. The fraction of sp³-hybridized carbons (Fsp3) is 1.00. The molecule has 0 amide bonds. The zero-order valence-corrected chi connectivity index (χ0v) is 10.4. The van der Waals surface area contributed by atoms with Crippen molar-refractivity contribution >= 4 is 0 Å². The largest absolute Gasteiger partial charge is 0.385 e. The van der Waals surface area contributed by atoms with Crippen molar-refractivity contribution in [3.05, 3.63) is 0 Å². The summed E-state index contributed by atoms with van der Waals surface area (Å²) in [6, 6.07) is 0.864. The number of rotatable bonds is 10. The molecule has 90 valence electrons. The molecular formula is C13H27NO. The second-order valence-electron chi connectivity index (χ2n) is 4.83. The minimum Gasteiger partial charge on any atom is -0.385 e. The number of ether oxygens (including phenoxy) is 1. The van der Waals surface area contributed by atoms with Gasteiger partial charge in [-0.25, -0.2) is 0 Å². The molecule has 1 atom stereocenters. The van der Waals surface area contributed by atoms with E-state index in [2.05, 4.69) is 12.2 Å². The highest BCUT2D eigenvalue weighted by Gasteiger charge is 2.21. The topological polar surface area (TPSA) is 21.3 Å². The number of unbranched alkanes of at least 4 members (excludes halogenated alkanes) is 1. The van der Waals surface area contributed by atoms with Gasteiger partial charge in [-0.3, -0.25) is 0 Å². The van der Waals surface area contributed by atoms with Crippen LogP contribution in [0.25, 0.3) is 0 Å². The summed E-state index contributed by atoms with van der Waals surface area (Å²) >= 11 is 0. The lowest BCUT2D eigenvalue weighted by Gasteiger charge is -2.16. The molecule has 0 heterocycles.